The lowest BCUT2D eigenvalue weighted by Gasteiger charge is -2.22. The quantitative estimate of drug-likeness (QED) is 0.651. The zero-order chi connectivity index (χ0) is 20.8. The van der Waals surface area contributed by atoms with E-state index in [4.69, 9.17) is 5.73 Å². The lowest BCUT2D eigenvalue weighted by Crippen LogP contribution is -2.47. The van der Waals surface area contributed by atoms with Crippen molar-refractivity contribution in [2.24, 2.45) is 5.73 Å². The minimum atomic E-state index is -0.778. The van der Waals surface area contributed by atoms with E-state index in [9.17, 15) is 9.59 Å². The molecule has 0 aliphatic heterocycles. The molecule has 0 radical (unpaired) electrons. The molecule has 3 N–H and O–H groups in total. The van der Waals surface area contributed by atoms with Crippen molar-refractivity contribution in [3.8, 4) is 0 Å². The van der Waals surface area contributed by atoms with Crippen LogP contribution < -0.4 is 11.1 Å². The predicted molar refractivity (Wildman–Crippen MR) is 115 cm³/mol. The predicted octanol–water partition coefficient (Wildman–Crippen LogP) is 3.65. The van der Waals surface area contributed by atoms with Crippen LogP contribution in [0.3, 0.4) is 0 Å². The Hall–Kier alpha value is -3.40. The monoisotopic (exact) mass is 386 g/mol. The van der Waals surface area contributed by atoms with Crippen LogP contribution in [0.15, 0.2) is 78.9 Å². The number of carbonyl (C=O) groups excluding carboxylic acids is 2. The van der Waals surface area contributed by atoms with Gasteiger partial charge in [-0.25, -0.2) is 0 Å². The van der Waals surface area contributed by atoms with E-state index >= 15 is 0 Å². The van der Waals surface area contributed by atoms with Gasteiger partial charge in [-0.2, -0.15) is 0 Å². The Kier molecular flexibility index (Phi) is 6.45. The van der Waals surface area contributed by atoms with Crippen LogP contribution in [0.4, 0.5) is 0 Å². The van der Waals surface area contributed by atoms with Crippen LogP contribution >= 0.6 is 0 Å². The molecule has 0 heterocycles. The molecule has 148 valence electrons. The summed E-state index contributed by atoms with van der Waals surface area (Å²) in [7, 11) is 0. The number of rotatable bonds is 7. The molecule has 3 aromatic rings. The van der Waals surface area contributed by atoms with Crippen LogP contribution in [0.5, 0.6) is 0 Å². The molecule has 3 rings (SSSR count). The smallest absolute Gasteiger partial charge is 0.240 e. The highest BCUT2D eigenvalue weighted by Crippen LogP contribution is 2.25. The first kappa shape index (κ1) is 20.3. The molecule has 4 heteroatoms. The second kappa shape index (κ2) is 9.20. The third kappa shape index (κ3) is 5.11. The van der Waals surface area contributed by atoms with Crippen LogP contribution in [-0.2, 0) is 16.0 Å². The summed E-state index contributed by atoms with van der Waals surface area (Å²) in [6.45, 7) is 4.06. The van der Waals surface area contributed by atoms with Crippen LogP contribution in [0, 0.1) is 13.8 Å². The Balaban J connectivity index is 1.86. The van der Waals surface area contributed by atoms with Crippen molar-refractivity contribution in [2.45, 2.75) is 32.2 Å². The summed E-state index contributed by atoms with van der Waals surface area (Å²) in [4.78, 5) is 25.3. The molecule has 3 aromatic carbocycles. The molecule has 0 bridgehead atoms. The summed E-state index contributed by atoms with van der Waals surface area (Å²) in [5.74, 6) is -1.30. The van der Waals surface area contributed by atoms with Gasteiger partial charge in [0.05, 0.1) is 5.92 Å². The zero-order valence-corrected chi connectivity index (χ0v) is 16.8. The average Bonchev–Trinajstić information content (AvgIpc) is 2.72. The Morgan fingerprint density at radius 2 is 1.38 bits per heavy atom. The van der Waals surface area contributed by atoms with Crippen LogP contribution in [0.25, 0.3) is 0 Å². The molecule has 29 heavy (non-hydrogen) atoms. The summed E-state index contributed by atoms with van der Waals surface area (Å²) < 4.78 is 0. The molecule has 0 saturated heterocycles. The van der Waals surface area contributed by atoms with E-state index in [0.29, 0.717) is 6.42 Å². The molecular formula is C25H26N2O2. The minimum absolute atomic E-state index is 0.241. The zero-order valence-electron chi connectivity index (χ0n) is 16.8. The Bertz CT molecular complexity index is 945. The van der Waals surface area contributed by atoms with Crippen LogP contribution in [-0.4, -0.2) is 17.9 Å². The van der Waals surface area contributed by atoms with Crippen molar-refractivity contribution in [3.05, 3.63) is 107 Å². The number of hydrogen-bond donors (Lipinski definition) is 2. The number of nitrogens with two attached hydrogens (primary N) is 1. The number of nitrogens with one attached hydrogen (secondary N) is 1. The van der Waals surface area contributed by atoms with Crippen LogP contribution in [0.1, 0.15) is 33.7 Å². The van der Waals surface area contributed by atoms with E-state index in [2.05, 4.69) is 5.32 Å². The van der Waals surface area contributed by atoms with Gasteiger partial charge in [0.15, 0.2) is 0 Å². The van der Waals surface area contributed by atoms with E-state index in [-0.39, 0.29) is 5.91 Å². The second-order valence-electron chi connectivity index (χ2n) is 7.34. The third-order valence-corrected chi connectivity index (χ3v) is 5.20. The highest BCUT2D eigenvalue weighted by molar-refractivity contribution is 5.92. The fraction of sp³-hybridized carbons (Fsp3) is 0.200. The van der Waals surface area contributed by atoms with Gasteiger partial charge in [-0.3, -0.25) is 9.59 Å². The van der Waals surface area contributed by atoms with Gasteiger partial charge < -0.3 is 11.1 Å². The summed E-state index contributed by atoms with van der Waals surface area (Å²) in [5.41, 5.74) is 10.6. The summed E-state index contributed by atoms with van der Waals surface area (Å²) in [5, 5.41) is 2.88. The molecule has 1 atom stereocenters. The molecule has 4 nitrogen and oxygen atoms in total. The SMILES string of the molecule is Cc1ccc(C[C@H](NC(=O)C(c2ccccc2)c2ccccc2)C(N)=O)cc1C. The van der Waals surface area contributed by atoms with Crippen molar-refractivity contribution in [3.63, 3.8) is 0 Å². The molecule has 2 amide bonds. The molecule has 0 unspecified atom stereocenters. The van der Waals surface area contributed by atoms with Gasteiger partial charge in [0, 0.05) is 6.42 Å². The Morgan fingerprint density at radius 3 is 1.86 bits per heavy atom. The second-order valence-corrected chi connectivity index (χ2v) is 7.34. The van der Waals surface area contributed by atoms with E-state index in [1.54, 1.807) is 0 Å². The van der Waals surface area contributed by atoms with Gasteiger partial charge in [0.2, 0.25) is 11.8 Å². The first-order valence-electron chi connectivity index (χ1n) is 9.71. The standard InChI is InChI=1S/C25H26N2O2/c1-17-13-14-19(15-18(17)2)16-22(24(26)28)27-25(29)23(20-9-5-3-6-10-20)21-11-7-4-8-12-21/h3-15,22-23H,16H2,1-2H3,(H2,26,28)(H,27,29)/t22-/m0/s1. The number of hydrogen-bond acceptors (Lipinski definition) is 2. The number of benzene rings is 3. The van der Waals surface area contributed by atoms with Crippen molar-refractivity contribution in [2.75, 3.05) is 0 Å². The number of carbonyl (C=O) groups is 2. The first-order chi connectivity index (χ1) is 14.0. The van der Waals surface area contributed by atoms with Gasteiger partial charge in [-0.05, 0) is 41.7 Å². The molecule has 0 saturated carbocycles. The largest absolute Gasteiger partial charge is 0.368 e. The highest BCUT2D eigenvalue weighted by Gasteiger charge is 2.27. The fourth-order valence-electron chi connectivity index (χ4n) is 3.43. The van der Waals surface area contributed by atoms with Gasteiger partial charge >= 0.3 is 0 Å². The Labute approximate surface area is 171 Å². The van der Waals surface area contributed by atoms with Crippen LogP contribution in [0.2, 0.25) is 0 Å². The lowest BCUT2D eigenvalue weighted by molar-refractivity contribution is -0.127. The molecule has 0 fully saturated rings. The van der Waals surface area contributed by atoms with Gasteiger partial charge in [-0.1, -0.05) is 78.9 Å². The van der Waals surface area contributed by atoms with Gasteiger partial charge in [0.1, 0.15) is 6.04 Å². The Morgan fingerprint density at radius 1 is 0.828 bits per heavy atom. The highest BCUT2D eigenvalue weighted by atomic mass is 16.2. The topological polar surface area (TPSA) is 72.2 Å². The maximum atomic E-state index is 13.3. The maximum absolute atomic E-state index is 13.3. The van der Waals surface area contributed by atoms with Gasteiger partial charge in [0.25, 0.3) is 0 Å². The van der Waals surface area contributed by atoms with Crippen molar-refractivity contribution >= 4 is 11.8 Å². The number of primary amides is 1. The van der Waals surface area contributed by atoms with E-state index in [1.165, 1.54) is 5.56 Å². The van der Waals surface area contributed by atoms with Crippen molar-refractivity contribution in [1.29, 1.82) is 0 Å². The summed E-state index contributed by atoms with van der Waals surface area (Å²) >= 11 is 0. The first-order valence-corrected chi connectivity index (χ1v) is 9.71. The van der Waals surface area contributed by atoms with Crippen molar-refractivity contribution < 1.29 is 9.59 Å². The van der Waals surface area contributed by atoms with E-state index in [1.807, 2.05) is 92.7 Å². The fourth-order valence-corrected chi connectivity index (χ4v) is 3.43. The number of aryl methyl sites for hydroxylation is 2. The molecular weight excluding hydrogens is 360 g/mol. The molecule has 0 aromatic heterocycles. The average molecular weight is 386 g/mol. The normalized spacial score (nSPS) is 11.8. The van der Waals surface area contributed by atoms with E-state index in [0.717, 1.165) is 22.3 Å². The summed E-state index contributed by atoms with van der Waals surface area (Å²) in [6, 6.07) is 24.3. The lowest BCUT2D eigenvalue weighted by atomic mass is 9.90. The molecule has 0 aliphatic carbocycles. The third-order valence-electron chi connectivity index (χ3n) is 5.20. The van der Waals surface area contributed by atoms with Gasteiger partial charge in [-0.15, -0.1) is 0 Å². The van der Waals surface area contributed by atoms with E-state index < -0.39 is 17.9 Å². The maximum Gasteiger partial charge on any atom is 0.240 e. The number of amides is 2. The molecule has 0 aliphatic rings. The molecule has 0 spiro atoms. The minimum Gasteiger partial charge on any atom is -0.368 e. The van der Waals surface area contributed by atoms with Crippen molar-refractivity contribution in [1.82, 2.24) is 5.32 Å². The summed E-state index contributed by atoms with van der Waals surface area (Å²) in [6.07, 6.45) is 0.360.